The molecule has 1 saturated carbocycles. The molecule has 6 heteroatoms. The quantitative estimate of drug-likeness (QED) is 0.878. The van der Waals surface area contributed by atoms with E-state index < -0.39 is 11.3 Å². The second-order valence-electron chi connectivity index (χ2n) is 7.10. The van der Waals surface area contributed by atoms with E-state index >= 15 is 0 Å². The Morgan fingerprint density at radius 1 is 1.46 bits per heavy atom. The van der Waals surface area contributed by atoms with Crippen LogP contribution in [0.15, 0.2) is 28.8 Å². The van der Waals surface area contributed by atoms with E-state index in [1.54, 1.807) is 24.8 Å². The molecule has 3 N–H and O–H groups in total. The zero-order valence-corrected chi connectivity index (χ0v) is 14.4. The monoisotopic (exact) mass is 348 g/mol. The maximum Gasteiger partial charge on any atom is 0.228 e. The molecular weight excluding hydrogens is 327 g/mol. The van der Waals surface area contributed by atoms with Crippen LogP contribution in [0.4, 0.5) is 4.39 Å². The lowest BCUT2D eigenvalue weighted by Crippen LogP contribution is -2.44. The highest BCUT2D eigenvalue weighted by atomic mass is 32.2. The third-order valence-corrected chi connectivity index (χ3v) is 7.12. The average molecular weight is 348 g/mol. The van der Waals surface area contributed by atoms with Crippen molar-refractivity contribution in [2.75, 3.05) is 0 Å². The molecule has 3 aliphatic rings. The van der Waals surface area contributed by atoms with E-state index in [4.69, 9.17) is 5.73 Å². The molecule has 2 unspecified atom stereocenters. The number of rotatable bonds is 3. The fourth-order valence-corrected chi connectivity index (χ4v) is 5.66. The number of hydroxylamine groups is 2. The van der Waals surface area contributed by atoms with Crippen LogP contribution in [0, 0.1) is 18.7 Å². The summed E-state index contributed by atoms with van der Waals surface area (Å²) in [4.78, 5) is 13.5. The summed E-state index contributed by atoms with van der Waals surface area (Å²) >= 11 is 1.65. The first kappa shape index (κ1) is 16.0. The Hall–Kier alpha value is -1.53. The summed E-state index contributed by atoms with van der Waals surface area (Å²) in [5.74, 6) is -0.209. The van der Waals surface area contributed by atoms with Gasteiger partial charge in [0, 0.05) is 4.91 Å². The van der Waals surface area contributed by atoms with Crippen molar-refractivity contribution < 1.29 is 14.4 Å². The molecule has 2 atom stereocenters. The van der Waals surface area contributed by atoms with Crippen molar-refractivity contribution in [3.8, 4) is 0 Å². The molecule has 1 aliphatic heterocycles. The highest BCUT2D eigenvalue weighted by Crippen LogP contribution is 2.56. The molecule has 4 nitrogen and oxygen atoms in total. The van der Waals surface area contributed by atoms with Crippen molar-refractivity contribution in [3.05, 3.63) is 45.7 Å². The Morgan fingerprint density at radius 2 is 2.21 bits per heavy atom. The summed E-state index contributed by atoms with van der Waals surface area (Å²) in [6.07, 6.45) is 3.81. The SMILES string of the molecule is Cc1c(F)cccc1C1(C(N)=O)CCC2=C(C1)SC(C1CC1)N2O. The van der Waals surface area contributed by atoms with Gasteiger partial charge in [-0.1, -0.05) is 12.1 Å². The fraction of sp³-hybridized carbons (Fsp3) is 0.500. The number of benzene rings is 1. The van der Waals surface area contributed by atoms with Gasteiger partial charge in [0.15, 0.2) is 0 Å². The van der Waals surface area contributed by atoms with E-state index in [0.29, 0.717) is 36.3 Å². The Labute approximate surface area is 144 Å². The Morgan fingerprint density at radius 3 is 2.88 bits per heavy atom. The number of thioether (sulfide) groups is 1. The predicted octanol–water partition coefficient (Wildman–Crippen LogP) is 3.43. The lowest BCUT2D eigenvalue weighted by atomic mass is 9.69. The Balaban J connectivity index is 1.72. The minimum atomic E-state index is -0.892. The molecule has 1 heterocycles. The van der Waals surface area contributed by atoms with Crippen molar-refractivity contribution in [3.63, 3.8) is 0 Å². The Bertz CT molecular complexity index is 747. The first-order valence-corrected chi connectivity index (χ1v) is 9.24. The molecule has 0 bridgehead atoms. The van der Waals surface area contributed by atoms with Crippen molar-refractivity contribution >= 4 is 17.7 Å². The third kappa shape index (κ3) is 2.27. The first-order valence-electron chi connectivity index (χ1n) is 8.36. The van der Waals surface area contributed by atoms with Gasteiger partial charge >= 0.3 is 0 Å². The zero-order chi connectivity index (χ0) is 17.1. The summed E-state index contributed by atoms with van der Waals surface area (Å²) < 4.78 is 14.1. The average Bonchev–Trinajstić information content (AvgIpc) is 3.34. The first-order chi connectivity index (χ1) is 11.4. The van der Waals surface area contributed by atoms with Gasteiger partial charge in [0.05, 0.1) is 11.1 Å². The molecule has 1 amide bonds. The number of carbonyl (C=O) groups excluding carboxylic acids is 1. The molecule has 1 aromatic carbocycles. The van der Waals surface area contributed by atoms with Crippen molar-refractivity contribution in [1.29, 1.82) is 0 Å². The van der Waals surface area contributed by atoms with E-state index in [2.05, 4.69) is 0 Å². The standard InChI is InChI=1S/C18H21FN2O2S/c1-10-12(3-2-4-13(10)19)18(17(20)22)8-7-14-15(9-18)24-16(21(14)23)11-5-6-11/h2-4,11,16,23H,5-9H2,1H3,(H2,20,22). The third-order valence-electron chi connectivity index (χ3n) is 5.63. The van der Waals surface area contributed by atoms with Crippen LogP contribution >= 0.6 is 11.8 Å². The molecule has 1 fully saturated rings. The van der Waals surface area contributed by atoms with Gasteiger partial charge in [-0.25, -0.2) is 9.45 Å². The summed E-state index contributed by atoms with van der Waals surface area (Å²) in [7, 11) is 0. The minimum Gasteiger partial charge on any atom is -0.369 e. The van der Waals surface area contributed by atoms with Gasteiger partial charge < -0.3 is 5.73 Å². The summed E-state index contributed by atoms with van der Waals surface area (Å²) in [5, 5.41) is 11.9. The number of halogens is 1. The van der Waals surface area contributed by atoms with Crippen LogP contribution in [-0.2, 0) is 10.2 Å². The number of nitrogens with zero attached hydrogens (tertiary/aromatic N) is 1. The number of hydrogen-bond donors (Lipinski definition) is 2. The molecule has 128 valence electrons. The smallest absolute Gasteiger partial charge is 0.228 e. The highest BCUT2D eigenvalue weighted by molar-refractivity contribution is 8.03. The molecule has 0 radical (unpaired) electrons. The molecule has 0 saturated heterocycles. The Kier molecular flexibility index (Phi) is 3.65. The van der Waals surface area contributed by atoms with E-state index in [9.17, 15) is 14.4 Å². The normalized spacial score (nSPS) is 29.8. The molecule has 1 aromatic rings. The topological polar surface area (TPSA) is 66.6 Å². The summed E-state index contributed by atoms with van der Waals surface area (Å²) in [5.41, 5.74) is 7.01. The van der Waals surface area contributed by atoms with Gasteiger partial charge in [0.2, 0.25) is 5.91 Å². The van der Waals surface area contributed by atoms with Crippen LogP contribution < -0.4 is 5.73 Å². The zero-order valence-electron chi connectivity index (χ0n) is 13.6. The van der Waals surface area contributed by atoms with Crippen molar-refractivity contribution in [2.45, 2.75) is 49.8 Å². The lowest BCUT2D eigenvalue weighted by Gasteiger charge is -2.36. The van der Waals surface area contributed by atoms with Gasteiger partial charge in [-0.15, -0.1) is 11.8 Å². The van der Waals surface area contributed by atoms with Crippen LogP contribution in [-0.4, -0.2) is 21.6 Å². The number of hydrogen-bond acceptors (Lipinski definition) is 4. The molecular formula is C18H21FN2O2S. The van der Waals surface area contributed by atoms with Crippen LogP contribution in [0.2, 0.25) is 0 Å². The number of carbonyl (C=O) groups is 1. The van der Waals surface area contributed by atoms with Crippen LogP contribution in [0.1, 0.15) is 43.2 Å². The van der Waals surface area contributed by atoms with Crippen LogP contribution in [0.25, 0.3) is 0 Å². The van der Waals surface area contributed by atoms with E-state index in [-0.39, 0.29) is 11.2 Å². The van der Waals surface area contributed by atoms with E-state index in [1.165, 1.54) is 11.1 Å². The largest absolute Gasteiger partial charge is 0.369 e. The van der Waals surface area contributed by atoms with Gasteiger partial charge in [-0.2, -0.15) is 0 Å². The maximum absolute atomic E-state index is 14.1. The van der Waals surface area contributed by atoms with Crippen LogP contribution in [0.3, 0.4) is 0 Å². The number of nitrogens with two attached hydrogens (primary N) is 1. The maximum atomic E-state index is 14.1. The van der Waals surface area contributed by atoms with Gasteiger partial charge in [0.25, 0.3) is 0 Å². The summed E-state index contributed by atoms with van der Waals surface area (Å²) in [6.45, 7) is 1.70. The minimum absolute atomic E-state index is 0.0623. The summed E-state index contributed by atoms with van der Waals surface area (Å²) in [6, 6.07) is 4.85. The molecule has 0 spiro atoms. The van der Waals surface area contributed by atoms with Gasteiger partial charge in [0.1, 0.15) is 11.2 Å². The number of amides is 1. The van der Waals surface area contributed by atoms with Crippen molar-refractivity contribution in [2.24, 2.45) is 11.7 Å². The number of allylic oxidation sites excluding steroid dienone is 2. The van der Waals surface area contributed by atoms with Gasteiger partial charge in [-0.05, 0) is 62.1 Å². The highest BCUT2D eigenvalue weighted by Gasteiger charge is 2.50. The molecule has 0 aromatic heterocycles. The van der Waals surface area contributed by atoms with E-state index in [1.807, 2.05) is 6.07 Å². The van der Waals surface area contributed by atoms with Crippen molar-refractivity contribution in [1.82, 2.24) is 5.06 Å². The molecule has 24 heavy (non-hydrogen) atoms. The van der Waals surface area contributed by atoms with Crippen LogP contribution in [0.5, 0.6) is 0 Å². The molecule has 4 rings (SSSR count). The second-order valence-corrected chi connectivity index (χ2v) is 8.31. The number of primary amides is 1. The van der Waals surface area contributed by atoms with Gasteiger partial charge in [-0.3, -0.25) is 10.0 Å². The fourth-order valence-electron chi connectivity index (χ4n) is 4.01. The lowest BCUT2D eigenvalue weighted by molar-refractivity contribution is -0.124. The second kappa shape index (κ2) is 5.49. The molecule has 2 aliphatic carbocycles. The predicted molar refractivity (Wildman–Crippen MR) is 90.6 cm³/mol. The van der Waals surface area contributed by atoms with E-state index in [0.717, 1.165) is 23.4 Å².